The summed E-state index contributed by atoms with van der Waals surface area (Å²) in [5.74, 6) is -0.0563. The van der Waals surface area contributed by atoms with Gasteiger partial charge in [0.15, 0.2) is 0 Å². The standard InChI is InChI=1S/C17H26N2O3/c1-17(2)12-19(10-15(22-17)11-21-4)9-13-5-7-14(8-6-13)16(20)18-3/h5-8,15H,9-12H2,1-4H3,(H,18,20)/t15-/m1/s1. The number of nitrogens with zero attached hydrogens (tertiary/aromatic N) is 1. The van der Waals surface area contributed by atoms with Gasteiger partial charge in [-0.15, -0.1) is 0 Å². The quantitative estimate of drug-likeness (QED) is 0.899. The predicted molar refractivity (Wildman–Crippen MR) is 85.9 cm³/mol. The number of ether oxygens (including phenoxy) is 2. The zero-order chi connectivity index (χ0) is 16.2. The molecule has 0 unspecified atom stereocenters. The highest BCUT2D eigenvalue weighted by Gasteiger charge is 2.33. The number of benzene rings is 1. The van der Waals surface area contributed by atoms with E-state index in [0.717, 1.165) is 19.6 Å². The first-order valence-corrected chi connectivity index (χ1v) is 7.63. The minimum Gasteiger partial charge on any atom is -0.382 e. The number of amides is 1. The van der Waals surface area contributed by atoms with Crippen molar-refractivity contribution in [2.75, 3.05) is 33.9 Å². The zero-order valence-electron chi connectivity index (χ0n) is 13.9. The normalized spacial score (nSPS) is 21.5. The highest BCUT2D eigenvalue weighted by atomic mass is 16.5. The molecule has 1 heterocycles. The van der Waals surface area contributed by atoms with E-state index in [0.29, 0.717) is 12.2 Å². The summed E-state index contributed by atoms with van der Waals surface area (Å²) in [5.41, 5.74) is 1.70. The number of nitrogens with one attached hydrogen (secondary N) is 1. The molecule has 5 heteroatoms. The number of carbonyl (C=O) groups is 1. The third-order valence-electron chi connectivity index (χ3n) is 3.75. The Morgan fingerprint density at radius 2 is 2.09 bits per heavy atom. The van der Waals surface area contributed by atoms with Crippen LogP contribution in [0.25, 0.3) is 0 Å². The Morgan fingerprint density at radius 3 is 2.68 bits per heavy atom. The molecule has 1 saturated heterocycles. The van der Waals surface area contributed by atoms with E-state index in [-0.39, 0.29) is 17.6 Å². The van der Waals surface area contributed by atoms with Crippen LogP contribution in [-0.4, -0.2) is 56.4 Å². The Balaban J connectivity index is 2.01. The molecule has 1 amide bonds. The van der Waals surface area contributed by atoms with Crippen molar-refractivity contribution in [3.8, 4) is 0 Å². The molecule has 5 nitrogen and oxygen atoms in total. The SMILES string of the molecule is CNC(=O)c1ccc(CN2C[C@H](COC)OC(C)(C)C2)cc1. The summed E-state index contributed by atoms with van der Waals surface area (Å²) < 4.78 is 11.3. The van der Waals surface area contributed by atoms with E-state index in [1.165, 1.54) is 5.56 Å². The van der Waals surface area contributed by atoms with Gasteiger partial charge in [0.2, 0.25) is 0 Å². The van der Waals surface area contributed by atoms with E-state index in [9.17, 15) is 4.79 Å². The fourth-order valence-electron chi connectivity index (χ4n) is 2.97. The van der Waals surface area contributed by atoms with E-state index < -0.39 is 0 Å². The van der Waals surface area contributed by atoms with Gasteiger partial charge in [0.05, 0.1) is 18.3 Å². The molecule has 0 bridgehead atoms. The van der Waals surface area contributed by atoms with Crippen LogP contribution in [-0.2, 0) is 16.0 Å². The number of carbonyl (C=O) groups excluding carboxylic acids is 1. The van der Waals surface area contributed by atoms with Gasteiger partial charge in [-0.25, -0.2) is 0 Å². The second-order valence-corrected chi connectivity index (χ2v) is 6.40. The number of hydrogen-bond acceptors (Lipinski definition) is 4. The largest absolute Gasteiger partial charge is 0.382 e. The minimum atomic E-state index is -0.177. The Morgan fingerprint density at radius 1 is 1.41 bits per heavy atom. The van der Waals surface area contributed by atoms with E-state index in [4.69, 9.17) is 9.47 Å². The van der Waals surface area contributed by atoms with Crippen molar-refractivity contribution in [3.05, 3.63) is 35.4 Å². The second-order valence-electron chi connectivity index (χ2n) is 6.40. The van der Waals surface area contributed by atoms with Crippen LogP contribution in [0.15, 0.2) is 24.3 Å². The molecule has 1 aromatic carbocycles. The molecule has 1 aliphatic heterocycles. The highest BCUT2D eigenvalue weighted by Crippen LogP contribution is 2.22. The molecule has 1 N–H and O–H groups in total. The van der Waals surface area contributed by atoms with Gasteiger partial charge >= 0.3 is 0 Å². The monoisotopic (exact) mass is 306 g/mol. The molecule has 122 valence electrons. The van der Waals surface area contributed by atoms with Crippen molar-refractivity contribution in [2.24, 2.45) is 0 Å². The van der Waals surface area contributed by atoms with Crippen molar-refractivity contribution in [1.82, 2.24) is 10.2 Å². The summed E-state index contributed by atoms with van der Waals surface area (Å²) >= 11 is 0. The molecule has 1 aromatic rings. The third-order valence-corrected chi connectivity index (χ3v) is 3.75. The molecular formula is C17H26N2O3. The summed E-state index contributed by atoms with van der Waals surface area (Å²) in [6.45, 7) is 7.41. The van der Waals surface area contributed by atoms with Crippen LogP contribution in [0.4, 0.5) is 0 Å². The fraction of sp³-hybridized carbons (Fsp3) is 0.588. The van der Waals surface area contributed by atoms with Crippen LogP contribution >= 0.6 is 0 Å². The Hall–Kier alpha value is -1.43. The van der Waals surface area contributed by atoms with E-state index >= 15 is 0 Å². The van der Waals surface area contributed by atoms with Crippen LogP contribution in [0.3, 0.4) is 0 Å². The van der Waals surface area contributed by atoms with Crippen molar-refractivity contribution in [2.45, 2.75) is 32.1 Å². The smallest absolute Gasteiger partial charge is 0.251 e. The first-order chi connectivity index (χ1) is 10.4. The number of methoxy groups -OCH3 is 1. The molecule has 1 fully saturated rings. The lowest BCUT2D eigenvalue weighted by atomic mass is 10.0. The molecule has 1 atom stereocenters. The molecule has 0 aliphatic carbocycles. The molecule has 0 spiro atoms. The molecule has 2 rings (SSSR count). The Labute approximate surface area is 132 Å². The van der Waals surface area contributed by atoms with Gasteiger partial charge in [-0.3, -0.25) is 9.69 Å². The lowest BCUT2D eigenvalue weighted by molar-refractivity contribution is -0.154. The lowest BCUT2D eigenvalue weighted by Gasteiger charge is -2.42. The maximum Gasteiger partial charge on any atom is 0.251 e. The van der Waals surface area contributed by atoms with Crippen molar-refractivity contribution in [3.63, 3.8) is 0 Å². The molecule has 1 aliphatic rings. The fourth-order valence-corrected chi connectivity index (χ4v) is 2.97. The predicted octanol–water partition coefficient (Wildman–Crippen LogP) is 1.67. The van der Waals surface area contributed by atoms with Crippen LogP contribution in [0.5, 0.6) is 0 Å². The molecule has 0 saturated carbocycles. The van der Waals surface area contributed by atoms with Crippen molar-refractivity contribution in [1.29, 1.82) is 0 Å². The average molecular weight is 306 g/mol. The highest BCUT2D eigenvalue weighted by molar-refractivity contribution is 5.93. The Kier molecular flexibility index (Phi) is 5.56. The van der Waals surface area contributed by atoms with Gasteiger partial charge in [-0.1, -0.05) is 12.1 Å². The lowest BCUT2D eigenvalue weighted by Crippen LogP contribution is -2.53. The number of hydrogen-bond donors (Lipinski definition) is 1. The van der Waals surface area contributed by atoms with Gasteiger partial charge in [0.1, 0.15) is 0 Å². The maximum atomic E-state index is 11.6. The summed E-state index contributed by atoms with van der Waals surface area (Å²) in [6.07, 6.45) is 0.0962. The van der Waals surface area contributed by atoms with Gasteiger partial charge in [0.25, 0.3) is 5.91 Å². The minimum absolute atomic E-state index is 0.0563. The summed E-state index contributed by atoms with van der Waals surface area (Å²) in [4.78, 5) is 13.9. The van der Waals surface area contributed by atoms with Crippen LogP contribution < -0.4 is 5.32 Å². The van der Waals surface area contributed by atoms with Crippen LogP contribution in [0.1, 0.15) is 29.8 Å². The first kappa shape index (κ1) is 16.9. The second kappa shape index (κ2) is 7.22. The van der Waals surface area contributed by atoms with E-state index in [2.05, 4.69) is 24.1 Å². The van der Waals surface area contributed by atoms with E-state index in [1.54, 1.807) is 14.2 Å². The number of rotatable bonds is 5. The van der Waals surface area contributed by atoms with E-state index in [1.807, 2.05) is 24.3 Å². The molecule has 0 aromatic heterocycles. The Bertz CT molecular complexity index is 499. The molecule has 22 heavy (non-hydrogen) atoms. The van der Waals surface area contributed by atoms with Gasteiger partial charge in [-0.05, 0) is 31.5 Å². The first-order valence-electron chi connectivity index (χ1n) is 7.63. The summed E-state index contributed by atoms with van der Waals surface area (Å²) in [6, 6.07) is 7.76. The molecule has 0 radical (unpaired) electrons. The zero-order valence-corrected chi connectivity index (χ0v) is 13.9. The topological polar surface area (TPSA) is 50.8 Å². The average Bonchev–Trinajstić information content (AvgIpc) is 2.46. The van der Waals surface area contributed by atoms with Gasteiger partial charge < -0.3 is 14.8 Å². The van der Waals surface area contributed by atoms with Crippen molar-refractivity contribution < 1.29 is 14.3 Å². The van der Waals surface area contributed by atoms with Crippen molar-refractivity contribution >= 4 is 5.91 Å². The van der Waals surface area contributed by atoms with Crippen LogP contribution in [0, 0.1) is 0 Å². The third kappa shape index (κ3) is 4.53. The maximum absolute atomic E-state index is 11.6. The molecular weight excluding hydrogens is 280 g/mol. The summed E-state index contributed by atoms with van der Waals surface area (Å²) in [5, 5.41) is 2.63. The van der Waals surface area contributed by atoms with Gasteiger partial charge in [0, 0.05) is 39.4 Å². The van der Waals surface area contributed by atoms with Crippen LogP contribution in [0.2, 0.25) is 0 Å². The number of morpholine rings is 1. The summed E-state index contributed by atoms with van der Waals surface area (Å²) in [7, 11) is 3.34. The van der Waals surface area contributed by atoms with Gasteiger partial charge in [-0.2, -0.15) is 0 Å².